The molecule has 4 rings (SSSR count). The third-order valence-electron chi connectivity index (χ3n) is 5.23. The van der Waals surface area contributed by atoms with E-state index >= 15 is 0 Å². The number of amides is 1. The molecular weight excluding hydrogens is 412 g/mol. The van der Waals surface area contributed by atoms with E-state index < -0.39 is 10.0 Å². The van der Waals surface area contributed by atoms with Crippen LogP contribution in [-0.4, -0.2) is 27.0 Å². The Morgan fingerprint density at radius 2 is 1.77 bits per heavy atom. The summed E-state index contributed by atoms with van der Waals surface area (Å²) in [6.07, 6.45) is 0.598. The minimum absolute atomic E-state index is 0.0558. The molecule has 0 aromatic heterocycles. The molecule has 160 valence electrons. The number of nitrogens with one attached hydrogen (secondary N) is 1. The van der Waals surface area contributed by atoms with Crippen molar-refractivity contribution in [1.82, 2.24) is 0 Å². The molecule has 1 N–H and O–H groups in total. The van der Waals surface area contributed by atoms with Crippen LogP contribution in [0, 0.1) is 0 Å². The largest absolute Gasteiger partial charge is 0.494 e. The molecule has 0 aliphatic carbocycles. The summed E-state index contributed by atoms with van der Waals surface area (Å²) < 4.78 is 33.8. The molecule has 1 aliphatic heterocycles. The summed E-state index contributed by atoms with van der Waals surface area (Å²) in [6.45, 7) is 4.40. The van der Waals surface area contributed by atoms with Gasteiger partial charge in [0.15, 0.2) is 0 Å². The van der Waals surface area contributed by atoms with Crippen molar-refractivity contribution in [2.24, 2.45) is 0 Å². The van der Waals surface area contributed by atoms with Crippen LogP contribution >= 0.6 is 0 Å². The molecule has 0 spiro atoms. The number of sulfonamides is 1. The van der Waals surface area contributed by atoms with Crippen LogP contribution in [0.3, 0.4) is 0 Å². The van der Waals surface area contributed by atoms with Crippen LogP contribution in [0.2, 0.25) is 0 Å². The molecule has 0 fully saturated rings. The van der Waals surface area contributed by atoms with Crippen LogP contribution in [-0.2, 0) is 16.4 Å². The minimum atomic E-state index is -3.76. The minimum Gasteiger partial charge on any atom is -0.494 e. The molecule has 0 unspecified atom stereocenters. The molecule has 1 heterocycles. The molecule has 3 aromatic carbocycles. The van der Waals surface area contributed by atoms with Crippen molar-refractivity contribution in [3.05, 3.63) is 83.9 Å². The van der Waals surface area contributed by atoms with Gasteiger partial charge in [-0.1, -0.05) is 18.2 Å². The van der Waals surface area contributed by atoms with E-state index in [-0.39, 0.29) is 16.8 Å². The summed E-state index contributed by atoms with van der Waals surface area (Å²) in [5.74, 6) is 0.593. The van der Waals surface area contributed by atoms with E-state index in [2.05, 4.69) is 4.72 Å². The fourth-order valence-corrected chi connectivity index (χ4v) is 4.91. The number of fused-ring (bicyclic) bond motifs is 1. The first-order valence-corrected chi connectivity index (χ1v) is 11.6. The summed E-state index contributed by atoms with van der Waals surface area (Å²) in [7, 11) is -3.76. The Balaban J connectivity index is 1.58. The number of hydrogen-bond acceptors (Lipinski definition) is 4. The predicted octanol–water partition coefficient (Wildman–Crippen LogP) is 4.48. The standard InChI is InChI=1S/C24H24N2O4S/c1-3-30-21-11-9-20(10-12-21)25-31(28,29)22-13-14-23-19(16-22)15-17(2)26(23)24(27)18-7-5-4-6-8-18/h4-14,16-17,25H,3,15H2,1-2H3/t17-/m0/s1. The summed E-state index contributed by atoms with van der Waals surface area (Å²) >= 11 is 0. The highest BCUT2D eigenvalue weighted by molar-refractivity contribution is 7.92. The lowest BCUT2D eigenvalue weighted by Gasteiger charge is -2.23. The van der Waals surface area contributed by atoms with E-state index in [9.17, 15) is 13.2 Å². The molecule has 31 heavy (non-hydrogen) atoms. The Labute approximate surface area is 182 Å². The number of carbonyl (C=O) groups is 1. The monoisotopic (exact) mass is 436 g/mol. The highest BCUT2D eigenvalue weighted by atomic mass is 32.2. The fourth-order valence-electron chi connectivity index (χ4n) is 3.80. The molecule has 3 aromatic rings. The Bertz CT molecular complexity index is 1190. The second-order valence-corrected chi connectivity index (χ2v) is 9.13. The van der Waals surface area contributed by atoms with E-state index in [1.165, 1.54) is 0 Å². The van der Waals surface area contributed by atoms with Crippen molar-refractivity contribution in [2.45, 2.75) is 31.2 Å². The average Bonchev–Trinajstić information content (AvgIpc) is 3.10. The zero-order valence-corrected chi connectivity index (χ0v) is 18.2. The highest BCUT2D eigenvalue weighted by Gasteiger charge is 2.32. The second kappa shape index (κ2) is 8.43. The van der Waals surface area contributed by atoms with E-state index in [0.29, 0.717) is 30.0 Å². The lowest BCUT2D eigenvalue weighted by molar-refractivity contribution is 0.0981. The molecule has 0 saturated heterocycles. The van der Waals surface area contributed by atoms with Gasteiger partial charge in [0.25, 0.3) is 15.9 Å². The van der Waals surface area contributed by atoms with Gasteiger partial charge in [0.05, 0.1) is 11.5 Å². The smallest absolute Gasteiger partial charge is 0.261 e. The Hall–Kier alpha value is -3.32. The maximum Gasteiger partial charge on any atom is 0.261 e. The van der Waals surface area contributed by atoms with Gasteiger partial charge < -0.3 is 9.64 Å². The SMILES string of the molecule is CCOc1ccc(NS(=O)(=O)c2ccc3c(c2)C[C@H](C)N3C(=O)c2ccccc2)cc1. The van der Waals surface area contributed by atoms with Crippen molar-refractivity contribution in [3.8, 4) is 5.75 Å². The van der Waals surface area contributed by atoms with Crippen LogP contribution in [0.1, 0.15) is 29.8 Å². The van der Waals surface area contributed by atoms with Crippen molar-refractivity contribution in [1.29, 1.82) is 0 Å². The average molecular weight is 437 g/mol. The van der Waals surface area contributed by atoms with Gasteiger partial charge in [0.2, 0.25) is 0 Å². The number of rotatable bonds is 6. The van der Waals surface area contributed by atoms with E-state index in [1.54, 1.807) is 59.5 Å². The Kier molecular flexibility index (Phi) is 5.69. The first-order valence-electron chi connectivity index (χ1n) is 10.2. The molecule has 6 nitrogen and oxygen atoms in total. The zero-order valence-electron chi connectivity index (χ0n) is 17.4. The van der Waals surface area contributed by atoms with Gasteiger partial charge in [-0.05, 0) is 80.4 Å². The van der Waals surface area contributed by atoms with Crippen LogP contribution < -0.4 is 14.4 Å². The van der Waals surface area contributed by atoms with Gasteiger partial charge >= 0.3 is 0 Å². The van der Waals surface area contributed by atoms with Crippen LogP contribution in [0.15, 0.2) is 77.7 Å². The second-order valence-electron chi connectivity index (χ2n) is 7.45. The van der Waals surface area contributed by atoms with Gasteiger partial charge in [-0.15, -0.1) is 0 Å². The Morgan fingerprint density at radius 3 is 2.45 bits per heavy atom. The number of benzene rings is 3. The van der Waals surface area contributed by atoms with E-state index in [1.807, 2.05) is 32.0 Å². The number of ether oxygens (including phenoxy) is 1. The van der Waals surface area contributed by atoms with Crippen LogP contribution in [0.5, 0.6) is 5.75 Å². The van der Waals surface area contributed by atoms with E-state index in [0.717, 1.165) is 11.3 Å². The maximum atomic E-state index is 13.0. The molecule has 7 heteroatoms. The van der Waals surface area contributed by atoms with Crippen molar-refractivity contribution in [2.75, 3.05) is 16.2 Å². The topological polar surface area (TPSA) is 75.7 Å². The Morgan fingerprint density at radius 1 is 1.06 bits per heavy atom. The highest BCUT2D eigenvalue weighted by Crippen LogP contribution is 2.35. The molecule has 1 aliphatic rings. The first-order chi connectivity index (χ1) is 14.9. The molecule has 0 radical (unpaired) electrons. The first kappa shape index (κ1) is 20.9. The number of hydrogen-bond donors (Lipinski definition) is 1. The molecule has 1 atom stereocenters. The lowest BCUT2D eigenvalue weighted by Crippen LogP contribution is -2.35. The van der Waals surface area contributed by atoms with Crippen LogP contribution in [0.4, 0.5) is 11.4 Å². The fraction of sp³-hybridized carbons (Fsp3) is 0.208. The summed E-state index contributed by atoms with van der Waals surface area (Å²) in [4.78, 5) is 14.9. The van der Waals surface area contributed by atoms with Crippen molar-refractivity contribution >= 4 is 27.3 Å². The third kappa shape index (κ3) is 4.27. The summed E-state index contributed by atoms with van der Waals surface area (Å²) in [6, 6.07) is 20.7. The van der Waals surface area contributed by atoms with Gasteiger partial charge in [-0.2, -0.15) is 0 Å². The van der Waals surface area contributed by atoms with Gasteiger partial charge in [0, 0.05) is 23.0 Å². The predicted molar refractivity (Wildman–Crippen MR) is 121 cm³/mol. The number of nitrogens with zero attached hydrogens (tertiary/aromatic N) is 1. The van der Waals surface area contributed by atoms with E-state index in [4.69, 9.17) is 4.74 Å². The lowest BCUT2D eigenvalue weighted by atomic mass is 10.1. The quantitative estimate of drug-likeness (QED) is 0.618. The van der Waals surface area contributed by atoms with Gasteiger partial charge in [0.1, 0.15) is 5.75 Å². The van der Waals surface area contributed by atoms with Crippen LogP contribution in [0.25, 0.3) is 0 Å². The molecule has 0 saturated carbocycles. The molecular formula is C24H24N2O4S. The van der Waals surface area contributed by atoms with Crippen molar-refractivity contribution < 1.29 is 17.9 Å². The van der Waals surface area contributed by atoms with Gasteiger partial charge in [-0.3, -0.25) is 9.52 Å². The third-order valence-corrected chi connectivity index (χ3v) is 6.61. The van der Waals surface area contributed by atoms with Crippen molar-refractivity contribution in [3.63, 3.8) is 0 Å². The maximum absolute atomic E-state index is 13.0. The summed E-state index contributed by atoms with van der Waals surface area (Å²) in [5.41, 5.74) is 2.65. The molecule has 1 amide bonds. The molecule has 0 bridgehead atoms. The zero-order chi connectivity index (χ0) is 22.0. The summed E-state index contributed by atoms with van der Waals surface area (Å²) in [5, 5.41) is 0. The van der Waals surface area contributed by atoms with Gasteiger partial charge in [-0.25, -0.2) is 8.42 Å². The number of carbonyl (C=O) groups excluding carboxylic acids is 1. The normalized spacial score (nSPS) is 15.4. The number of anilines is 2.